The van der Waals surface area contributed by atoms with Gasteiger partial charge in [-0.15, -0.1) is 0 Å². The first-order chi connectivity index (χ1) is 11.2. The van der Waals surface area contributed by atoms with Crippen molar-refractivity contribution < 1.29 is 24.2 Å². The molecule has 0 bridgehead atoms. The van der Waals surface area contributed by atoms with Gasteiger partial charge in [0.25, 0.3) is 0 Å². The van der Waals surface area contributed by atoms with Crippen molar-refractivity contribution in [2.75, 3.05) is 7.11 Å². The lowest BCUT2D eigenvalue weighted by Crippen LogP contribution is -2.51. The molecule has 134 valence electrons. The summed E-state index contributed by atoms with van der Waals surface area (Å²) in [4.78, 5) is 25.4. The van der Waals surface area contributed by atoms with Crippen molar-refractivity contribution in [2.24, 2.45) is 0 Å². The fraction of sp³-hybridized carbons (Fsp3) is 0.556. The minimum atomic E-state index is -1.08. The van der Waals surface area contributed by atoms with Gasteiger partial charge in [0.2, 0.25) is 0 Å². The number of amides is 1. The molecule has 1 atom stereocenters. The third-order valence-electron chi connectivity index (χ3n) is 3.83. The van der Waals surface area contributed by atoms with Crippen molar-refractivity contribution in [2.45, 2.75) is 58.4 Å². The number of carboxylic acids is 1. The molecule has 0 saturated heterocycles. The van der Waals surface area contributed by atoms with E-state index in [4.69, 9.17) is 9.47 Å². The molecule has 6 heteroatoms. The van der Waals surface area contributed by atoms with Crippen molar-refractivity contribution in [1.82, 2.24) is 4.90 Å². The Morgan fingerprint density at radius 3 is 2.25 bits per heavy atom. The first kappa shape index (κ1) is 20.0. The summed E-state index contributed by atoms with van der Waals surface area (Å²) < 4.78 is 10.6. The normalized spacial score (nSPS) is 12.8. The Hall–Kier alpha value is -2.08. The van der Waals surface area contributed by atoms with Crippen molar-refractivity contribution in [1.29, 1.82) is 0 Å². The van der Waals surface area contributed by atoms with E-state index < -0.39 is 23.7 Å². The summed E-state index contributed by atoms with van der Waals surface area (Å²) in [6.07, 6.45) is -0.481. The Morgan fingerprint density at radius 2 is 1.79 bits per heavy atom. The second-order valence-electron chi connectivity index (χ2n) is 6.56. The molecule has 1 amide bonds. The number of carbonyl (C=O) groups is 2. The zero-order chi connectivity index (χ0) is 18.3. The van der Waals surface area contributed by atoms with E-state index in [0.29, 0.717) is 0 Å². The maximum atomic E-state index is 12.5. The van der Waals surface area contributed by atoms with Crippen LogP contribution < -0.4 is 0 Å². The number of hydrogen-bond donors (Lipinski definition) is 1. The van der Waals surface area contributed by atoms with Crippen molar-refractivity contribution in [3.8, 4) is 0 Å². The summed E-state index contributed by atoms with van der Waals surface area (Å²) in [6.45, 7) is 7.20. The van der Waals surface area contributed by atoms with E-state index in [1.165, 1.54) is 12.0 Å². The largest absolute Gasteiger partial charge is 0.480 e. The Balaban J connectivity index is 2.88. The SMILES string of the molecule is COC(C)(C)CC(C(=O)O)N(C(=O)OCc1ccccc1)C(C)C. The van der Waals surface area contributed by atoms with Crippen LogP contribution in [0.15, 0.2) is 30.3 Å². The molecule has 0 spiro atoms. The van der Waals surface area contributed by atoms with Crippen LogP contribution in [0.5, 0.6) is 0 Å². The van der Waals surface area contributed by atoms with Gasteiger partial charge in [0.15, 0.2) is 0 Å². The second kappa shape index (κ2) is 8.68. The Morgan fingerprint density at radius 1 is 1.21 bits per heavy atom. The van der Waals surface area contributed by atoms with Gasteiger partial charge in [-0.25, -0.2) is 9.59 Å². The van der Waals surface area contributed by atoms with Gasteiger partial charge in [-0.05, 0) is 33.3 Å². The molecule has 0 aliphatic rings. The smallest absolute Gasteiger partial charge is 0.411 e. The van der Waals surface area contributed by atoms with Crippen LogP contribution in [0.3, 0.4) is 0 Å². The van der Waals surface area contributed by atoms with E-state index in [2.05, 4.69) is 0 Å². The fourth-order valence-corrected chi connectivity index (χ4v) is 2.35. The summed E-state index contributed by atoms with van der Waals surface area (Å²) in [7, 11) is 1.52. The predicted octanol–water partition coefficient (Wildman–Crippen LogP) is 3.30. The number of ether oxygens (including phenoxy) is 2. The number of rotatable bonds is 8. The fourth-order valence-electron chi connectivity index (χ4n) is 2.35. The summed E-state index contributed by atoms with van der Waals surface area (Å²) >= 11 is 0. The van der Waals surface area contributed by atoms with Crippen LogP contribution in [0, 0.1) is 0 Å². The molecular weight excluding hydrogens is 310 g/mol. The second-order valence-corrected chi connectivity index (χ2v) is 6.56. The van der Waals surface area contributed by atoms with Crippen LogP contribution >= 0.6 is 0 Å². The lowest BCUT2D eigenvalue weighted by atomic mass is 9.97. The molecule has 0 aliphatic carbocycles. The third kappa shape index (κ3) is 5.85. The summed E-state index contributed by atoms with van der Waals surface area (Å²) in [6, 6.07) is 7.92. The van der Waals surface area contributed by atoms with Crippen LogP contribution in [0.2, 0.25) is 0 Å². The maximum absolute atomic E-state index is 12.5. The zero-order valence-corrected chi connectivity index (χ0v) is 15.0. The summed E-state index contributed by atoms with van der Waals surface area (Å²) in [5, 5.41) is 9.58. The number of carboxylic acid groups (broad SMARTS) is 1. The maximum Gasteiger partial charge on any atom is 0.411 e. The quantitative estimate of drug-likeness (QED) is 0.787. The highest BCUT2D eigenvalue weighted by Gasteiger charge is 2.37. The Bertz CT molecular complexity index is 542. The summed E-state index contributed by atoms with van der Waals surface area (Å²) in [5.74, 6) is -1.08. The molecule has 0 radical (unpaired) electrons. The molecule has 1 rings (SSSR count). The number of aliphatic carboxylic acids is 1. The Labute approximate surface area is 143 Å². The average molecular weight is 337 g/mol. The molecule has 1 aromatic rings. The highest BCUT2D eigenvalue weighted by molar-refractivity contribution is 5.80. The van der Waals surface area contributed by atoms with Gasteiger partial charge in [0.05, 0.1) is 5.60 Å². The minimum absolute atomic E-state index is 0.100. The number of carbonyl (C=O) groups excluding carboxylic acids is 1. The molecule has 0 fully saturated rings. The van der Waals surface area contributed by atoms with Crippen molar-refractivity contribution >= 4 is 12.1 Å². The van der Waals surface area contributed by atoms with Crippen LogP contribution in [-0.2, 0) is 20.9 Å². The van der Waals surface area contributed by atoms with Gasteiger partial charge in [0.1, 0.15) is 12.6 Å². The lowest BCUT2D eigenvalue weighted by Gasteiger charge is -2.35. The van der Waals surface area contributed by atoms with Gasteiger partial charge in [-0.2, -0.15) is 0 Å². The molecule has 24 heavy (non-hydrogen) atoms. The molecular formula is C18H27NO5. The average Bonchev–Trinajstić information content (AvgIpc) is 2.52. The van der Waals surface area contributed by atoms with Gasteiger partial charge >= 0.3 is 12.1 Å². The first-order valence-electron chi connectivity index (χ1n) is 7.95. The molecule has 0 saturated carbocycles. The highest BCUT2D eigenvalue weighted by atomic mass is 16.6. The zero-order valence-electron chi connectivity index (χ0n) is 15.0. The van der Waals surface area contributed by atoms with Gasteiger partial charge in [-0.3, -0.25) is 4.90 Å². The van der Waals surface area contributed by atoms with Gasteiger partial charge < -0.3 is 14.6 Å². The topological polar surface area (TPSA) is 76.1 Å². The molecule has 1 unspecified atom stereocenters. The molecule has 6 nitrogen and oxygen atoms in total. The van der Waals surface area contributed by atoms with E-state index in [0.717, 1.165) is 5.56 Å². The predicted molar refractivity (Wildman–Crippen MR) is 90.7 cm³/mol. The number of hydrogen-bond acceptors (Lipinski definition) is 4. The van der Waals surface area contributed by atoms with Crippen LogP contribution in [0.4, 0.5) is 4.79 Å². The van der Waals surface area contributed by atoms with Crippen LogP contribution in [0.25, 0.3) is 0 Å². The lowest BCUT2D eigenvalue weighted by molar-refractivity contribution is -0.146. The van der Waals surface area contributed by atoms with Gasteiger partial charge in [-0.1, -0.05) is 30.3 Å². The summed E-state index contributed by atoms with van der Waals surface area (Å²) in [5.41, 5.74) is 0.175. The monoisotopic (exact) mass is 337 g/mol. The Kier molecular flexibility index (Phi) is 7.22. The minimum Gasteiger partial charge on any atom is -0.480 e. The van der Waals surface area contributed by atoms with E-state index in [1.54, 1.807) is 27.7 Å². The van der Waals surface area contributed by atoms with Crippen molar-refractivity contribution in [3.63, 3.8) is 0 Å². The number of benzene rings is 1. The third-order valence-corrected chi connectivity index (χ3v) is 3.83. The van der Waals surface area contributed by atoms with E-state index in [1.807, 2.05) is 30.3 Å². The molecule has 1 aromatic carbocycles. The first-order valence-corrected chi connectivity index (χ1v) is 7.95. The van der Waals surface area contributed by atoms with Crippen LogP contribution in [0.1, 0.15) is 39.7 Å². The van der Waals surface area contributed by atoms with Crippen molar-refractivity contribution in [3.05, 3.63) is 35.9 Å². The van der Waals surface area contributed by atoms with E-state index >= 15 is 0 Å². The molecule has 0 aromatic heterocycles. The molecule has 0 heterocycles. The van der Waals surface area contributed by atoms with Crippen LogP contribution in [-0.4, -0.2) is 46.9 Å². The molecule has 0 aliphatic heterocycles. The molecule has 1 N–H and O–H groups in total. The number of methoxy groups -OCH3 is 1. The van der Waals surface area contributed by atoms with E-state index in [9.17, 15) is 14.7 Å². The van der Waals surface area contributed by atoms with Gasteiger partial charge in [0, 0.05) is 19.6 Å². The number of nitrogens with zero attached hydrogens (tertiary/aromatic N) is 1. The standard InChI is InChI=1S/C18H27NO5/c1-13(2)19(15(16(20)21)11-18(3,4)23-5)17(22)24-12-14-9-7-6-8-10-14/h6-10,13,15H,11-12H2,1-5H3,(H,20,21). The van der Waals surface area contributed by atoms with E-state index in [-0.39, 0.29) is 19.1 Å². The highest BCUT2D eigenvalue weighted by Crippen LogP contribution is 2.22.